The summed E-state index contributed by atoms with van der Waals surface area (Å²) in [7, 11) is 0. The molecular formula is C42H26N2O. The van der Waals surface area contributed by atoms with Crippen molar-refractivity contribution in [3.63, 3.8) is 0 Å². The van der Waals surface area contributed by atoms with Crippen LogP contribution < -0.4 is 0 Å². The van der Waals surface area contributed by atoms with Gasteiger partial charge in [-0.1, -0.05) is 127 Å². The van der Waals surface area contributed by atoms with Crippen molar-refractivity contribution in [3.8, 4) is 45.0 Å². The van der Waals surface area contributed by atoms with Crippen LogP contribution in [0.3, 0.4) is 0 Å². The number of benzene rings is 6. The van der Waals surface area contributed by atoms with Crippen molar-refractivity contribution in [2.24, 2.45) is 0 Å². The first kappa shape index (κ1) is 25.4. The van der Waals surface area contributed by atoms with E-state index in [1.54, 1.807) is 0 Å². The summed E-state index contributed by atoms with van der Waals surface area (Å²) in [4.78, 5) is 9.79. The van der Waals surface area contributed by atoms with Gasteiger partial charge >= 0.3 is 0 Å². The molecule has 0 amide bonds. The van der Waals surface area contributed by atoms with E-state index in [1.165, 1.54) is 27.1 Å². The molecule has 3 heterocycles. The molecule has 0 atom stereocenters. The predicted molar refractivity (Wildman–Crippen MR) is 186 cm³/mol. The summed E-state index contributed by atoms with van der Waals surface area (Å²) in [5, 5.41) is 6.94. The predicted octanol–water partition coefficient (Wildman–Crippen LogP) is 11.4. The maximum atomic E-state index is 6.39. The third-order valence-corrected chi connectivity index (χ3v) is 8.77. The minimum Gasteiger partial charge on any atom is -0.456 e. The number of aromatic nitrogens is 2. The van der Waals surface area contributed by atoms with Crippen molar-refractivity contribution in [3.05, 3.63) is 158 Å². The van der Waals surface area contributed by atoms with E-state index >= 15 is 0 Å². The van der Waals surface area contributed by atoms with Crippen LogP contribution in [0.25, 0.3) is 88.4 Å². The van der Waals surface area contributed by atoms with Crippen LogP contribution in [0.5, 0.6) is 0 Å². The Morgan fingerprint density at radius 1 is 0.378 bits per heavy atom. The summed E-state index contributed by atoms with van der Waals surface area (Å²) in [5.41, 5.74) is 8.40. The smallest absolute Gasteiger partial charge is 0.135 e. The molecule has 6 aromatic carbocycles. The van der Waals surface area contributed by atoms with Crippen molar-refractivity contribution in [1.82, 2.24) is 9.97 Å². The highest BCUT2D eigenvalue weighted by Gasteiger charge is 2.14. The number of pyridine rings is 2. The lowest BCUT2D eigenvalue weighted by molar-refractivity contribution is 0.598. The van der Waals surface area contributed by atoms with E-state index in [4.69, 9.17) is 9.40 Å². The van der Waals surface area contributed by atoms with E-state index < -0.39 is 0 Å². The monoisotopic (exact) mass is 574 g/mol. The van der Waals surface area contributed by atoms with Crippen LogP contribution in [-0.2, 0) is 0 Å². The minimum atomic E-state index is 0.856. The molecule has 45 heavy (non-hydrogen) atoms. The van der Waals surface area contributed by atoms with Gasteiger partial charge in [0.2, 0.25) is 0 Å². The van der Waals surface area contributed by atoms with E-state index in [9.17, 15) is 0 Å². The van der Waals surface area contributed by atoms with Gasteiger partial charge in [-0.3, -0.25) is 4.98 Å². The fourth-order valence-electron chi connectivity index (χ4n) is 6.54. The first-order valence-electron chi connectivity index (χ1n) is 15.2. The van der Waals surface area contributed by atoms with Crippen LogP contribution in [0, 0.1) is 0 Å². The molecule has 3 heteroatoms. The van der Waals surface area contributed by atoms with Crippen LogP contribution in [0.4, 0.5) is 0 Å². The highest BCUT2D eigenvalue weighted by molar-refractivity contribution is 6.07. The molecule has 0 radical (unpaired) electrons. The fourth-order valence-corrected chi connectivity index (χ4v) is 6.54. The second kappa shape index (κ2) is 10.3. The molecule has 3 nitrogen and oxygen atoms in total. The lowest BCUT2D eigenvalue weighted by atomic mass is 9.93. The van der Waals surface area contributed by atoms with Gasteiger partial charge < -0.3 is 4.42 Å². The average Bonchev–Trinajstić information content (AvgIpc) is 3.61. The lowest BCUT2D eigenvalue weighted by Crippen LogP contribution is -1.91. The summed E-state index contributed by atoms with van der Waals surface area (Å²) in [6, 6.07) is 53.1. The maximum Gasteiger partial charge on any atom is 0.135 e. The Balaban J connectivity index is 1.09. The number of hydrogen-bond acceptors (Lipinski definition) is 3. The number of fused-ring (bicyclic) bond motifs is 5. The summed E-state index contributed by atoms with van der Waals surface area (Å²) < 4.78 is 6.39. The quantitative estimate of drug-likeness (QED) is 0.196. The molecular weight excluding hydrogens is 548 g/mol. The Morgan fingerprint density at radius 2 is 1.02 bits per heavy atom. The Bertz CT molecular complexity index is 2540. The van der Waals surface area contributed by atoms with Gasteiger partial charge in [-0.25, -0.2) is 4.98 Å². The van der Waals surface area contributed by atoms with Crippen LogP contribution >= 0.6 is 0 Å². The van der Waals surface area contributed by atoms with E-state index in [-0.39, 0.29) is 0 Å². The lowest BCUT2D eigenvalue weighted by Gasteiger charge is -2.13. The number of hydrogen-bond donors (Lipinski definition) is 0. The van der Waals surface area contributed by atoms with Crippen LogP contribution in [0.15, 0.2) is 162 Å². The molecule has 0 aliphatic rings. The largest absolute Gasteiger partial charge is 0.456 e. The van der Waals surface area contributed by atoms with Gasteiger partial charge in [0.25, 0.3) is 0 Å². The summed E-state index contributed by atoms with van der Waals surface area (Å²) in [6.45, 7) is 0. The van der Waals surface area contributed by atoms with Crippen LogP contribution in [-0.4, -0.2) is 9.97 Å². The first-order chi connectivity index (χ1) is 22.3. The van der Waals surface area contributed by atoms with Crippen molar-refractivity contribution in [2.75, 3.05) is 0 Å². The Morgan fingerprint density at radius 3 is 1.89 bits per heavy atom. The van der Waals surface area contributed by atoms with Gasteiger partial charge in [0.15, 0.2) is 0 Å². The van der Waals surface area contributed by atoms with E-state index in [2.05, 4.69) is 151 Å². The Kier molecular flexibility index (Phi) is 5.82. The van der Waals surface area contributed by atoms with Crippen molar-refractivity contribution in [1.29, 1.82) is 0 Å². The standard InChI is InChI=1S/C42H26N2O/c1-2-10-32-27(7-1)8-5-13-37(32)40-25-24-39(45-40)29-16-14-28(15-17-29)33-21-22-36(35-12-4-3-11-34(33)35)38-23-20-31-19-18-30-9-6-26-43-41(30)42(31)44-38/h1-26H. The molecule has 9 rings (SSSR count). The summed E-state index contributed by atoms with van der Waals surface area (Å²) in [6.07, 6.45) is 1.83. The molecule has 0 fully saturated rings. The molecule has 210 valence electrons. The SMILES string of the molecule is c1ccc2c(-c3ccc(-c4ccc(-c5ccc(-c6ccc7ccc8cccnc8c7n6)c6ccccc56)cc4)o3)cccc2c1. The first-order valence-corrected chi connectivity index (χ1v) is 15.2. The zero-order chi connectivity index (χ0) is 29.7. The fraction of sp³-hybridized carbons (Fsp3) is 0. The van der Waals surface area contributed by atoms with Crippen LogP contribution in [0.1, 0.15) is 0 Å². The molecule has 9 aromatic rings. The normalized spacial score (nSPS) is 11.6. The minimum absolute atomic E-state index is 0.856. The molecule has 0 aliphatic heterocycles. The van der Waals surface area contributed by atoms with Crippen molar-refractivity contribution in [2.45, 2.75) is 0 Å². The molecule has 0 N–H and O–H groups in total. The second-order valence-electron chi connectivity index (χ2n) is 11.4. The van der Waals surface area contributed by atoms with Crippen LogP contribution in [0.2, 0.25) is 0 Å². The third kappa shape index (κ3) is 4.29. The molecule has 0 saturated carbocycles. The molecule has 0 bridgehead atoms. The number of nitrogens with zero attached hydrogens (tertiary/aromatic N) is 2. The highest BCUT2D eigenvalue weighted by atomic mass is 16.3. The molecule has 0 saturated heterocycles. The van der Waals surface area contributed by atoms with Crippen molar-refractivity contribution >= 4 is 43.4 Å². The van der Waals surface area contributed by atoms with Gasteiger partial charge in [-0.2, -0.15) is 0 Å². The number of furan rings is 1. The zero-order valence-electron chi connectivity index (χ0n) is 24.3. The Hall–Kier alpha value is -6.06. The van der Waals surface area contributed by atoms with Gasteiger partial charge in [-0.05, 0) is 56.9 Å². The zero-order valence-corrected chi connectivity index (χ0v) is 24.3. The number of rotatable bonds is 4. The topological polar surface area (TPSA) is 38.9 Å². The average molecular weight is 575 g/mol. The molecule has 0 unspecified atom stereocenters. The van der Waals surface area contributed by atoms with Gasteiger partial charge in [-0.15, -0.1) is 0 Å². The Labute approximate surface area is 260 Å². The van der Waals surface area contributed by atoms with Gasteiger partial charge in [0.05, 0.1) is 16.7 Å². The van der Waals surface area contributed by atoms with Gasteiger partial charge in [0, 0.05) is 33.7 Å². The van der Waals surface area contributed by atoms with E-state index in [0.29, 0.717) is 0 Å². The third-order valence-electron chi connectivity index (χ3n) is 8.77. The molecule has 3 aromatic heterocycles. The highest BCUT2D eigenvalue weighted by Crippen LogP contribution is 2.38. The van der Waals surface area contributed by atoms with Crippen molar-refractivity contribution < 1.29 is 4.42 Å². The molecule has 0 aliphatic carbocycles. The summed E-state index contributed by atoms with van der Waals surface area (Å²) >= 11 is 0. The second-order valence-corrected chi connectivity index (χ2v) is 11.4. The van der Waals surface area contributed by atoms with E-state index in [0.717, 1.165) is 61.3 Å². The van der Waals surface area contributed by atoms with E-state index in [1.807, 2.05) is 12.3 Å². The summed E-state index contributed by atoms with van der Waals surface area (Å²) in [5.74, 6) is 1.73. The van der Waals surface area contributed by atoms with Gasteiger partial charge in [0.1, 0.15) is 11.5 Å². The maximum absolute atomic E-state index is 6.39. The molecule has 0 spiro atoms.